The van der Waals surface area contributed by atoms with Gasteiger partial charge in [0.15, 0.2) is 5.78 Å². The van der Waals surface area contributed by atoms with Gasteiger partial charge in [0.1, 0.15) is 17.3 Å². The van der Waals surface area contributed by atoms with Gasteiger partial charge in [-0.1, -0.05) is 18.2 Å². The maximum atomic E-state index is 13.2. The Bertz CT molecular complexity index is 1170. The SMILES string of the molecule is O=C(C=Cc1ccc(F)cc1)c1cn(-c2ccc(F)cc2)nc1-c1cccnc1. The van der Waals surface area contributed by atoms with Gasteiger partial charge in [-0.3, -0.25) is 9.78 Å². The molecule has 2 heterocycles. The summed E-state index contributed by atoms with van der Waals surface area (Å²) in [5.41, 5.74) is 2.86. The number of benzene rings is 2. The molecule has 0 saturated heterocycles. The van der Waals surface area contributed by atoms with Crippen molar-refractivity contribution >= 4 is 11.9 Å². The summed E-state index contributed by atoms with van der Waals surface area (Å²) in [4.78, 5) is 17.0. The van der Waals surface area contributed by atoms with E-state index in [4.69, 9.17) is 0 Å². The number of halogens is 2. The van der Waals surface area contributed by atoms with Gasteiger partial charge in [-0.05, 0) is 60.2 Å². The number of nitrogens with zero attached hydrogens (tertiary/aromatic N) is 3. The van der Waals surface area contributed by atoms with Gasteiger partial charge < -0.3 is 0 Å². The predicted molar refractivity (Wildman–Crippen MR) is 107 cm³/mol. The minimum Gasteiger partial charge on any atom is -0.289 e. The van der Waals surface area contributed by atoms with E-state index in [2.05, 4.69) is 10.1 Å². The third-order valence-electron chi connectivity index (χ3n) is 4.30. The normalized spacial score (nSPS) is 11.1. The van der Waals surface area contributed by atoms with E-state index in [1.54, 1.807) is 55.0 Å². The highest BCUT2D eigenvalue weighted by Gasteiger charge is 2.17. The number of hydrogen-bond acceptors (Lipinski definition) is 3. The summed E-state index contributed by atoms with van der Waals surface area (Å²) in [6, 6.07) is 15.2. The number of allylic oxidation sites excluding steroid dienone is 1. The van der Waals surface area contributed by atoms with E-state index in [9.17, 15) is 13.6 Å². The van der Waals surface area contributed by atoms with Crippen molar-refractivity contribution in [2.24, 2.45) is 0 Å². The second kappa shape index (κ2) is 7.98. The largest absolute Gasteiger partial charge is 0.289 e. The summed E-state index contributed by atoms with van der Waals surface area (Å²) in [6.45, 7) is 0. The highest BCUT2D eigenvalue weighted by molar-refractivity contribution is 6.10. The van der Waals surface area contributed by atoms with Gasteiger partial charge in [-0.2, -0.15) is 5.10 Å². The first-order chi connectivity index (χ1) is 14.1. The lowest BCUT2D eigenvalue weighted by Gasteiger charge is -2.00. The van der Waals surface area contributed by atoms with Crippen LogP contribution in [0.1, 0.15) is 15.9 Å². The second-order valence-corrected chi connectivity index (χ2v) is 6.30. The standard InChI is InChI=1S/C23H15F2N3O/c24-18-6-3-16(4-7-18)5-12-22(29)21-15-28(20-10-8-19(25)9-11-20)27-23(21)17-2-1-13-26-14-17/h1-15H. The zero-order valence-corrected chi connectivity index (χ0v) is 15.2. The molecule has 0 N–H and O–H groups in total. The molecule has 4 nitrogen and oxygen atoms in total. The molecule has 0 spiro atoms. The summed E-state index contributed by atoms with van der Waals surface area (Å²) in [6.07, 6.45) is 7.89. The number of carbonyl (C=O) groups excluding carboxylic acids is 1. The van der Waals surface area contributed by atoms with Gasteiger partial charge in [0.2, 0.25) is 0 Å². The molecule has 29 heavy (non-hydrogen) atoms. The summed E-state index contributed by atoms with van der Waals surface area (Å²) in [5.74, 6) is -0.957. The van der Waals surface area contributed by atoms with Crippen LogP contribution in [0.15, 0.2) is 85.3 Å². The van der Waals surface area contributed by atoms with Crippen LogP contribution in [0.4, 0.5) is 8.78 Å². The molecule has 0 fully saturated rings. The van der Waals surface area contributed by atoms with Crippen molar-refractivity contribution in [3.8, 4) is 16.9 Å². The maximum absolute atomic E-state index is 13.2. The molecular weight excluding hydrogens is 372 g/mol. The fourth-order valence-electron chi connectivity index (χ4n) is 2.83. The molecular formula is C23H15F2N3O. The van der Waals surface area contributed by atoms with Gasteiger partial charge in [-0.25, -0.2) is 13.5 Å². The van der Waals surface area contributed by atoms with E-state index in [0.717, 1.165) is 0 Å². The Kier molecular flexibility index (Phi) is 5.07. The Hall–Kier alpha value is -3.93. The maximum Gasteiger partial charge on any atom is 0.189 e. The van der Waals surface area contributed by atoms with E-state index in [1.165, 1.54) is 35.0 Å². The fraction of sp³-hybridized carbons (Fsp3) is 0. The Morgan fingerprint density at radius 1 is 0.931 bits per heavy atom. The molecule has 4 aromatic rings. The molecule has 2 aromatic heterocycles. The van der Waals surface area contributed by atoms with Gasteiger partial charge in [0.05, 0.1) is 11.3 Å². The van der Waals surface area contributed by atoms with E-state index >= 15 is 0 Å². The zero-order chi connectivity index (χ0) is 20.2. The second-order valence-electron chi connectivity index (χ2n) is 6.30. The molecule has 0 aliphatic rings. The minimum atomic E-state index is -0.355. The van der Waals surface area contributed by atoms with Crippen LogP contribution in [0.2, 0.25) is 0 Å². The first-order valence-corrected chi connectivity index (χ1v) is 8.84. The van der Waals surface area contributed by atoms with Crippen molar-refractivity contribution < 1.29 is 13.6 Å². The van der Waals surface area contributed by atoms with Crippen LogP contribution in [0.3, 0.4) is 0 Å². The zero-order valence-electron chi connectivity index (χ0n) is 15.2. The smallest absolute Gasteiger partial charge is 0.189 e. The first kappa shape index (κ1) is 18.4. The van der Waals surface area contributed by atoms with Gasteiger partial charge in [0, 0.05) is 24.2 Å². The molecule has 142 valence electrons. The monoisotopic (exact) mass is 387 g/mol. The lowest BCUT2D eigenvalue weighted by atomic mass is 10.1. The van der Waals surface area contributed by atoms with Crippen LogP contribution in [-0.2, 0) is 0 Å². The average Bonchev–Trinajstić information content (AvgIpc) is 3.20. The van der Waals surface area contributed by atoms with E-state index in [0.29, 0.717) is 28.1 Å². The third-order valence-corrected chi connectivity index (χ3v) is 4.30. The van der Waals surface area contributed by atoms with Crippen molar-refractivity contribution in [2.75, 3.05) is 0 Å². The van der Waals surface area contributed by atoms with Gasteiger partial charge in [0.25, 0.3) is 0 Å². The quantitative estimate of drug-likeness (QED) is 0.353. The molecule has 0 radical (unpaired) electrons. The number of rotatable bonds is 5. The van der Waals surface area contributed by atoms with Gasteiger partial charge in [-0.15, -0.1) is 0 Å². The van der Waals surface area contributed by atoms with Crippen LogP contribution in [-0.4, -0.2) is 20.5 Å². The molecule has 0 saturated carbocycles. The molecule has 0 aliphatic carbocycles. The lowest BCUT2D eigenvalue weighted by Crippen LogP contribution is -1.95. The van der Waals surface area contributed by atoms with Crippen molar-refractivity contribution in [2.45, 2.75) is 0 Å². The summed E-state index contributed by atoms with van der Waals surface area (Å²) in [5, 5.41) is 4.52. The average molecular weight is 387 g/mol. The Balaban J connectivity index is 1.73. The van der Waals surface area contributed by atoms with E-state index in [1.807, 2.05) is 6.07 Å². The summed E-state index contributed by atoms with van der Waals surface area (Å²) >= 11 is 0. The van der Waals surface area contributed by atoms with Crippen molar-refractivity contribution in [1.29, 1.82) is 0 Å². The van der Waals surface area contributed by atoms with Crippen LogP contribution < -0.4 is 0 Å². The summed E-state index contributed by atoms with van der Waals surface area (Å²) in [7, 11) is 0. The molecule has 2 aromatic carbocycles. The third kappa shape index (κ3) is 4.16. The lowest BCUT2D eigenvalue weighted by molar-refractivity contribution is 0.104. The van der Waals surface area contributed by atoms with E-state index in [-0.39, 0.29) is 17.4 Å². The van der Waals surface area contributed by atoms with Crippen molar-refractivity contribution in [3.05, 3.63) is 108 Å². The Labute approximate surface area is 165 Å². The Morgan fingerprint density at radius 3 is 2.28 bits per heavy atom. The van der Waals surface area contributed by atoms with Crippen molar-refractivity contribution in [1.82, 2.24) is 14.8 Å². The molecule has 0 amide bonds. The number of carbonyl (C=O) groups is 1. The van der Waals surface area contributed by atoms with Crippen LogP contribution in [0.5, 0.6) is 0 Å². The highest BCUT2D eigenvalue weighted by atomic mass is 19.1. The number of aromatic nitrogens is 3. The van der Waals surface area contributed by atoms with E-state index < -0.39 is 0 Å². The minimum absolute atomic E-state index is 0.262. The van der Waals surface area contributed by atoms with Crippen LogP contribution in [0.25, 0.3) is 23.0 Å². The Morgan fingerprint density at radius 2 is 1.62 bits per heavy atom. The van der Waals surface area contributed by atoms with Crippen LogP contribution in [0, 0.1) is 11.6 Å². The summed E-state index contributed by atoms with van der Waals surface area (Å²) < 4.78 is 27.8. The highest BCUT2D eigenvalue weighted by Crippen LogP contribution is 2.24. The van der Waals surface area contributed by atoms with Crippen molar-refractivity contribution in [3.63, 3.8) is 0 Å². The predicted octanol–water partition coefficient (Wildman–Crippen LogP) is 5.11. The number of pyridine rings is 1. The molecule has 6 heteroatoms. The topological polar surface area (TPSA) is 47.8 Å². The molecule has 0 bridgehead atoms. The number of ketones is 1. The molecule has 0 unspecified atom stereocenters. The first-order valence-electron chi connectivity index (χ1n) is 8.84. The van der Waals surface area contributed by atoms with Crippen LogP contribution >= 0.6 is 0 Å². The van der Waals surface area contributed by atoms with Gasteiger partial charge >= 0.3 is 0 Å². The molecule has 0 atom stereocenters. The molecule has 0 aliphatic heterocycles. The fourth-order valence-corrected chi connectivity index (χ4v) is 2.83. The molecule has 4 rings (SSSR count). The number of hydrogen-bond donors (Lipinski definition) is 0.